The minimum atomic E-state index is -3.70. The Morgan fingerprint density at radius 3 is 1.34 bits per heavy atom. The Kier molecular flexibility index (Phi) is 7.14. The Hall–Kier alpha value is -4.36. The number of benzene rings is 4. The van der Waals surface area contributed by atoms with E-state index in [4.69, 9.17) is 0 Å². The van der Waals surface area contributed by atoms with Crippen molar-refractivity contribution >= 4 is 42.1 Å². The Morgan fingerprint density at radius 1 is 0.537 bits per heavy atom. The number of rotatable bonds is 10. The summed E-state index contributed by atoms with van der Waals surface area (Å²) in [4.78, 5) is 14.7. The first-order valence-corrected chi connectivity index (χ1v) is 15.7. The molecule has 0 spiro atoms. The number of H-pyrrole nitrogens is 2. The fraction of sp³-hybridized carbons (Fsp3) is 0.103. The molecule has 6 rings (SSSR count). The fourth-order valence-electron chi connectivity index (χ4n) is 4.52. The highest BCUT2D eigenvalue weighted by Gasteiger charge is 2.16. The van der Waals surface area contributed by atoms with E-state index < -0.39 is 20.0 Å². The molecule has 0 aliphatic carbocycles. The fourth-order valence-corrected chi connectivity index (χ4v) is 6.55. The molecule has 0 fully saturated rings. The third-order valence-electron chi connectivity index (χ3n) is 6.78. The molecule has 4 N–H and O–H groups in total. The number of fused-ring (bicyclic) bond motifs is 2. The summed E-state index contributed by atoms with van der Waals surface area (Å²) in [6.07, 6.45) is 3.72. The maximum Gasteiger partial charge on any atom is 0.240 e. The molecule has 0 aliphatic rings. The number of aromatic nitrogens is 4. The third kappa shape index (κ3) is 6.05. The van der Waals surface area contributed by atoms with E-state index in [0.717, 1.165) is 44.3 Å². The van der Waals surface area contributed by atoms with E-state index in [1.165, 1.54) is 0 Å². The Bertz CT molecular complexity index is 1900. The standard InChI is InChI=1S/C29H26N6O4S2/c36-40(37,34-16-22-5-11-26-28(14-22)32-18-30-26)24-7-1-20(2-8-24)13-21-3-9-25(10-4-21)41(38,39)35-17-23-6-12-27-29(15-23)33-19-31-27/h1-12,14-15,18-19,34-35H,13,16-17H2,(H,30,32)(H,31,33). The van der Waals surface area contributed by atoms with Crippen molar-refractivity contribution in [1.82, 2.24) is 29.4 Å². The van der Waals surface area contributed by atoms with Crippen LogP contribution in [0.4, 0.5) is 0 Å². The first kappa shape index (κ1) is 26.8. The van der Waals surface area contributed by atoms with E-state index in [-0.39, 0.29) is 22.9 Å². The van der Waals surface area contributed by atoms with E-state index in [0.29, 0.717) is 6.42 Å². The van der Waals surface area contributed by atoms with Gasteiger partial charge in [0.2, 0.25) is 20.0 Å². The second kappa shape index (κ2) is 10.9. The van der Waals surface area contributed by atoms with Gasteiger partial charge in [0.1, 0.15) is 0 Å². The largest absolute Gasteiger partial charge is 0.345 e. The summed E-state index contributed by atoms with van der Waals surface area (Å²) in [6.45, 7) is 0.311. The van der Waals surface area contributed by atoms with Crippen LogP contribution in [0, 0.1) is 0 Å². The zero-order valence-corrected chi connectivity index (χ0v) is 23.3. The molecule has 4 aromatic carbocycles. The molecule has 0 aliphatic heterocycles. The first-order chi connectivity index (χ1) is 19.7. The van der Waals surface area contributed by atoms with Gasteiger partial charge in [0.15, 0.2) is 0 Å². The SMILES string of the molecule is O=S(=O)(NCc1ccc2nc[nH]c2c1)c1ccc(Cc2ccc(S(=O)(=O)NCc3ccc4nc[nH]c4c3)cc2)cc1. The average Bonchev–Trinajstić information content (AvgIpc) is 3.65. The second-order valence-electron chi connectivity index (χ2n) is 9.62. The highest BCUT2D eigenvalue weighted by atomic mass is 32.2. The van der Waals surface area contributed by atoms with Gasteiger partial charge < -0.3 is 9.97 Å². The van der Waals surface area contributed by atoms with Gasteiger partial charge in [0.05, 0.1) is 44.5 Å². The summed E-state index contributed by atoms with van der Waals surface area (Å²) < 4.78 is 56.5. The van der Waals surface area contributed by atoms with Gasteiger partial charge >= 0.3 is 0 Å². The Morgan fingerprint density at radius 2 is 0.927 bits per heavy atom. The molecule has 0 amide bonds. The lowest BCUT2D eigenvalue weighted by molar-refractivity contribution is 0.579. The van der Waals surface area contributed by atoms with Crippen LogP contribution in [0.5, 0.6) is 0 Å². The van der Waals surface area contributed by atoms with Gasteiger partial charge in [-0.15, -0.1) is 0 Å². The van der Waals surface area contributed by atoms with E-state index in [1.54, 1.807) is 61.2 Å². The molecular formula is C29H26N6O4S2. The topological polar surface area (TPSA) is 150 Å². The van der Waals surface area contributed by atoms with E-state index in [1.807, 2.05) is 36.4 Å². The average molecular weight is 587 g/mol. The van der Waals surface area contributed by atoms with Crippen LogP contribution in [-0.4, -0.2) is 36.8 Å². The lowest BCUT2D eigenvalue weighted by Crippen LogP contribution is -2.23. The number of hydrogen-bond donors (Lipinski definition) is 4. The van der Waals surface area contributed by atoms with Gasteiger partial charge in [-0.05, 0) is 77.2 Å². The van der Waals surface area contributed by atoms with E-state index in [9.17, 15) is 16.8 Å². The van der Waals surface area contributed by atoms with Crippen molar-refractivity contribution in [3.8, 4) is 0 Å². The summed E-state index contributed by atoms with van der Waals surface area (Å²) in [5.41, 5.74) is 6.76. The van der Waals surface area contributed by atoms with E-state index in [2.05, 4.69) is 29.4 Å². The number of nitrogens with zero attached hydrogens (tertiary/aromatic N) is 2. The van der Waals surface area contributed by atoms with Crippen molar-refractivity contribution < 1.29 is 16.8 Å². The predicted octanol–water partition coefficient (Wildman–Crippen LogP) is 3.99. The van der Waals surface area contributed by atoms with Crippen molar-refractivity contribution in [3.63, 3.8) is 0 Å². The van der Waals surface area contributed by atoms with Crippen LogP contribution >= 0.6 is 0 Å². The van der Waals surface area contributed by atoms with Crippen LogP contribution in [-0.2, 0) is 39.6 Å². The number of aromatic amines is 2. The van der Waals surface area contributed by atoms with Crippen molar-refractivity contribution in [3.05, 3.63) is 120 Å². The molecule has 0 unspecified atom stereocenters. The van der Waals surface area contributed by atoms with Crippen molar-refractivity contribution in [2.24, 2.45) is 0 Å². The zero-order chi connectivity index (χ0) is 28.5. The van der Waals surface area contributed by atoms with Crippen LogP contribution in [0.25, 0.3) is 22.1 Å². The smallest absolute Gasteiger partial charge is 0.240 e. The first-order valence-electron chi connectivity index (χ1n) is 12.8. The molecule has 6 aromatic rings. The summed E-state index contributed by atoms with van der Waals surface area (Å²) in [7, 11) is -7.40. The molecule has 0 bridgehead atoms. The number of imidazole rings is 2. The van der Waals surface area contributed by atoms with Crippen molar-refractivity contribution in [2.45, 2.75) is 29.3 Å². The van der Waals surface area contributed by atoms with Crippen LogP contribution in [0.3, 0.4) is 0 Å². The van der Waals surface area contributed by atoms with Gasteiger partial charge in [0, 0.05) is 13.1 Å². The quantitative estimate of drug-likeness (QED) is 0.191. The van der Waals surface area contributed by atoms with Crippen molar-refractivity contribution in [1.29, 1.82) is 0 Å². The monoisotopic (exact) mass is 586 g/mol. The lowest BCUT2D eigenvalue weighted by Gasteiger charge is -2.09. The number of hydrogen-bond acceptors (Lipinski definition) is 6. The highest BCUT2D eigenvalue weighted by Crippen LogP contribution is 2.18. The van der Waals surface area contributed by atoms with Crippen molar-refractivity contribution in [2.75, 3.05) is 0 Å². The minimum Gasteiger partial charge on any atom is -0.345 e. The molecule has 208 valence electrons. The second-order valence-corrected chi connectivity index (χ2v) is 13.2. The molecule has 10 nitrogen and oxygen atoms in total. The maximum atomic E-state index is 12.8. The third-order valence-corrected chi connectivity index (χ3v) is 9.61. The summed E-state index contributed by atoms with van der Waals surface area (Å²) in [5, 5.41) is 0. The molecule has 2 aromatic heterocycles. The summed E-state index contributed by atoms with van der Waals surface area (Å²) >= 11 is 0. The minimum absolute atomic E-state index is 0.155. The molecular weight excluding hydrogens is 560 g/mol. The Labute approximate surface area is 237 Å². The summed E-state index contributed by atoms with van der Waals surface area (Å²) in [6, 6.07) is 24.4. The summed E-state index contributed by atoms with van der Waals surface area (Å²) in [5.74, 6) is 0. The van der Waals surface area contributed by atoms with Crippen LogP contribution < -0.4 is 9.44 Å². The number of sulfonamides is 2. The molecule has 0 radical (unpaired) electrons. The van der Waals surface area contributed by atoms with E-state index >= 15 is 0 Å². The van der Waals surface area contributed by atoms with Crippen LogP contribution in [0.2, 0.25) is 0 Å². The van der Waals surface area contributed by atoms with Gasteiger partial charge in [-0.2, -0.15) is 0 Å². The Balaban J connectivity index is 1.06. The van der Waals surface area contributed by atoms with Gasteiger partial charge in [-0.3, -0.25) is 0 Å². The van der Waals surface area contributed by atoms with Gasteiger partial charge in [0.25, 0.3) is 0 Å². The predicted molar refractivity (Wildman–Crippen MR) is 156 cm³/mol. The van der Waals surface area contributed by atoms with Gasteiger partial charge in [-0.25, -0.2) is 36.2 Å². The van der Waals surface area contributed by atoms with Crippen LogP contribution in [0.15, 0.2) is 107 Å². The van der Waals surface area contributed by atoms with Crippen LogP contribution in [0.1, 0.15) is 22.3 Å². The molecule has 41 heavy (non-hydrogen) atoms. The molecule has 0 atom stereocenters. The lowest BCUT2D eigenvalue weighted by atomic mass is 10.1. The van der Waals surface area contributed by atoms with Gasteiger partial charge in [-0.1, -0.05) is 36.4 Å². The highest BCUT2D eigenvalue weighted by molar-refractivity contribution is 7.89. The maximum absolute atomic E-state index is 12.8. The normalized spacial score (nSPS) is 12.3. The molecule has 0 saturated carbocycles. The molecule has 12 heteroatoms. The number of nitrogens with one attached hydrogen (secondary N) is 4. The molecule has 0 saturated heterocycles. The molecule has 2 heterocycles. The zero-order valence-electron chi connectivity index (χ0n) is 21.7.